The maximum Gasteiger partial charge on any atom is 0.253 e. The van der Waals surface area contributed by atoms with Gasteiger partial charge < -0.3 is 14.4 Å². The van der Waals surface area contributed by atoms with Crippen LogP contribution in [0.1, 0.15) is 10.4 Å². The number of rotatable bonds is 2. The van der Waals surface area contributed by atoms with Crippen LogP contribution in [0.3, 0.4) is 0 Å². The Bertz CT molecular complexity index is 629. The van der Waals surface area contributed by atoms with Crippen molar-refractivity contribution in [1.29, 1.82) is 0 Å². The van der Waals surface area contributed by atoms with E-state index in [4.69, 9.17) is 0 Å². The Labute approximate surface area is 137 Å². The summed E-state index contributed by atoms with van der Waals surface area (Å²) in [5, 5.41) is 0. The number of aryl methyl sites for hydroxylation is 1. The molecule has 1 saturated heterocycles. The molecule has 1 aromatic heterocycles. The number of piperazine rings is 1. The fourth-order valence-electron chi connectivity index (χ4n) is 2.55. The molecule has 2 aromatic rings. The van der Waals surface area contributed by atoms with Gasteiger partial charge in [-0.2, -0.15) is 0 Å². The van der Waals surface area contributed by atoms with E-state index in [-0.39, 0.29) is 5.91 Å². The summed E-state index contributed by atoms with van der Waals surface area (Å²) in [7, 11) is 1.99. The van der Waals surface area contributed by atoms with Crippen molar-refractivity contribution in [2.45, 2.75) is 0 Å². The van der Waals surface area contributed by atoms with Crippen molar-refractivity contribution in [3.05, 3.63) is 45.8 Å². The number of benzene rings is 1. The topological polar surface area (TPSA) is 41.4 Å². The lowest BCUT2D eigenvalue weighted by Gasteiger charge is -2.35. The molecule has 5 nitrogen and oxygen atoms in total. The number of carbonyl (C=O) groups is 1. The molecule has 6 heteroatoms. The van der Waals surface area contributed by atoms with Crippen molar-refractivity contribution < 1.29 is 4.79 Å². The van der Waals surface area contributed by atoms with Gasteiger partial charge in [0.2, 0.25) is 5.95 Å². The summed E-state index contributed by atoms with van der Waals surface area (Å²) in [5.74, 6) is 1.09. The van der Waals surface area contributed by atoms with Gasteiger partial charge in [0.05, 0.1) is 0 Å². The van der Waals surface area contributed by atoms with Gasteiger partial charge in [-0.25, -0.2) is 4.98 Å². The highest BCUT2D eigenvalue weighted by molar-refractivity contribution is 14.1. The lowest BCUT2D eigenvalue weighted by molar-refractivity contribution is 0.0746. The minimum Gasteiger partial charge on any atom is -0.339 e. The molecule has 0 unspecified atom stereocenters. The lowest BCUT2D eigenvalue weighted by atomic mass is 10.2. The number of amides is 1. The normalized spacial score (nSPS) is 15.3. The first-order valence-electron chi connectivity index (χ1n) is 6.92. The summed E-state index contributed by atoms with van der Waals surface area (Å²) in [4.78, 5) is 21.0. The second kappa shape index (κ2) is 6.05. The van der Waals surface area contributed by atoms with Crippen LogP contribution in [0.5, 0.6) is 0 Å². The van der Waals surface area contributed by atoms with Crippen LogP contribution < -0.4 is 4.90 Å². The average molecular weight is 396 g/mol. The molecule has 1 aliphatic heterocycles. The van der Waals surface area contributed by atoms with Crippen LogP contribution in [0, 0.1) is 3.57 Å². The van der Waals surface area contributed by atoms with Gasteiger partial charge in [0.25, 0.3) is 5.91 Å². The number of anilines is 1. The highest BCUT2D eigenvalue weighted by Crippen LogP contribution is 2.15. The van der Waals surface area contributed by atoms with E-state index in [2.05, 4.69) is 32.5 Å². The monoisotopic (exact) mass is 396 g/mol. The van der Waals surface area contributed by atoms with Crippen LogP contribution >= 0.6 is 22.6 Å². The molecule has 0 aliphatic carbocycles. The quantitative estimate of drug-likeness (QED) is 0.730. The SMILES string of the molecule is Cn1ccnc1N1CCN(C(=O)c2ccc(I)cc2)CC1. The highest BCUT2D eigenvalue weighted by atomic mass is 127. The minimum absolute atomic E-state index is 0.117. The Morgan fingerprint density at radius 1 is 1.14 bits per heavy atom. The van der Waals surface area contributed by atoms with Crippen LogP contribution in [0.2, 0.25) is 0 Å². The van der Waals surface area contributed by atoms with Crippen molar-refractivity contribution in [2.75, 3.05) is 31.1 Å². The summed E-state index contributed by atoms with van der Waals surface area (Å²) in [6, 6.07) is 7.74. The first-order chi connectivity index (χ1) is 10.1. The predicted molar refractivity (Wildman–Crippen MR) is 90.5 cm³/mol. The number of imidazole rings is 1. The molecule has 1 aliphatic rings. The first-order valence-corrected chi connectivity index (χ1v) is 8.00. The predicted octanol–water partition coefficient (Wildman–Crippen LogP) is 1.99. The number of nitrogens with zero attached hydrogens (tertiary/aromatic N) is 4. The van der Waals surface area contributed by atoms with Gasteiger partial charge in [-0.15, -0.1) is 0 Å². The van der Waals surface area contributed by atoms with Gasteiger partial charge >= 0.3 is 0 Å². The smallest absolute Gasteiger partial charge is 0.253 e. The third-order valence-electron chi connectivity index (χ3n) is 3.74. The molecule has 0 atom stereocenters. The molecule has 0 spiro atoms. The molecule has 1 amide bonds. The van der Waals surface area contributed by atoms with E-state index in [0.29, 0.717) is 0 Å². The highest BCUT2D eigenvalue weighted by Gasteiger charge is 2.23. The average Bonchev–Trinajstić information content (AvgIpc) is 2.94. The number of carbonyl (C=O) groups excluding carboxylic acids is 1. The van der Waals surface area contributed by atoms with E-state index in [1.807, 2.05) is 47.0 Å². The minimum atomic E-state index is 0.117. The van der Waals surface area contributed by atoms with Crippen molar-refractivity contribution in [2.24, 2.45) is 7.05 Å². The second-order valence-electron chi connectivity index (χ2n) is 5.12. The molecule has 110 valence electrons. The Hall–Kier alpha value is -1.57. The van der Waals surface area contributed by atoms with Crippen molar-refractivity contribution in [3.8, 4) is 0 Å². The fraction of sp³-hybridized carbons (Fsp3) is 0.333. The Kier molecular flexibility index (Phi) is 4.14. The molecule has 0 N–H and O–H groups in total. The lowest BCUT2D eigenvalue weighted by Crippen LogP contribution is -2.49. The van der Waals surface area contributed by atoms with Crippen LogP contribution in [0.25, 0.3) is 0 Å². The standard InChI is InChI=1S/C15H17IN4O/c1-18-7-6-17-15(18)20-10-8-19(9-11-20)14(21)12-2-4-13(16)5-3-12/h2-7H,8-11H2,1H3. The largest absolute Gasteiger partial charge is 0.339 e. The van der Waals surface area contributed by atoms with Crippen LogP contribution in [-0.2, 0) is 7.05 Å². The van der Waals surface area contributed by atoms with E-state index in [0.717, 1.165) is 41.3 Å². The van der Waals surface area contributed by atoms with Gasteiger partial charge in [0.15, 0.2) is 0 Å². The van der Waals surface area contributed by atoms with Gasteiger partial charge in [-0.05, 0) is 46.9 Å². The molecule has 0 radical (unpaired) electrons. The molecule has 3 rings (SSSR count). The van der Waals surface area contributed by atoms with E-state index in [1.165, 1.54) is 0 Å². The van der Waals surface area contributed by atoms with E-state index in [9.17, 15) is 4.79 Å². The van der Waals surface area contributed by atoms with Crippen molar-refractivity contribution >= 4 is 34.4 Å². The first kappa shape index (κ1) is 14.4. The summed E-state index contributed by atoms with van der Waals surface area (Å²) in [6.45, 7) is 3.11. The number of hydrogen-bond donors (Lipinski definition) is 0. The van der Waals surface area contributed by atoms with E-state index >= 15 is 0 Å². The number of hydrogen-bond acceptors (Lipinski definition) is 3. The van der Waals surface area contributed by atoms with E-state index in [1.54, 1.807) is 6.20 Å². The van der Waals surface area contributed by atoms with Gasteiger partial charge in [0.1, 0.15) is 0 Å². The van der Waals surface area contributed by atoms with Gasteiger partial charge in [-0.3, -0.25) is 4.79 Å². The van der Waals surface area contributed by atoms with Crippen LogP contribution in [-0.4, -0.2) is 46.5 Å². The van der Waals surface area contributed by atoms with E-state index < -0.39 is 0 Å². The molecular formula is C15H17IN4O. The van der Waals surface area contributed by atoms with Crippen molar-refractivity contribution in [3.63, 3.8) is 0 Å². The molecular weight excluding hydrogens is 379 g/mol. The Morgan fingerprint density at radius 3 is 2.38 bits per heavy atom. The molecule has 0 bridgehead atoms. The number of halogens is 1. The summed E-state index contributed by atoms with van der Waals surface area (Å²) in [6.07, 6.45) is 3.75. The number of aromatic nitrogens is 2. The molecule has 2 heterocycles. The third-order valence-corrected chi connectivity index (χ3v) is 4.46. The molecule has 1 fully saturated rings. The van der Waals surface area contributed by atoms with Crippen molar-refractivity contribution in [1.82, 2.24) is 14.5 Å². The molecule has 1 aromatic carbocycles. The maximum atomic E-state index is 12.5. The van der Waals surface area contributed by atoms with Gasteiger partial charge in [0, 0.05) is 54.8 Å². The summed E-state index contributed by atoms with van der Waals surface area (Å²) in [5.41, 5.74) is 0.765. The third kappa shape index (κ3) is 3.04. The maximum absolute atomic E-state index is 12.5. The zero-order valence-corrected chi connectivity index (χ0v) is 14.0. The van der Waals surface area contributed by atoms with Crippen LogP contribution in [0.4, 0.5) is 5.95 Å². The van der Waals surface area contributed by atoms with Crippen LogP contribution in [0.15, 0.2) is 36.7 Å². The Balaban J connectivity index is 1.64. The Morgan fingerprint density at radius 2 is 1.81 bits per heavy atom. The van der Waals surface area contributed by atoms with Gasteiger partial charge in [-0.1, -0.05) is 0 Å². The molecule has 21 heavy (non-hydrogen) atoms. The fourth-order valence-corrected chi connectivity index (χ4v) is 2.91. The summed E-state index contributed by atoms with van der Waals surface area (Å²) < 4.78 is 3.15. The summed E-state index contributed by atoms with van der Waals surface area (Å²) >= 11 is 2.25. The zero-order valence-electron chi connectivity index (χ0n) is 11.9. The second-order valence-corrected chi connectivity index (χ2v) is 6.37. The zero-order chi connectivity index (χ0) is 14.8. The molecule has 0 saturated carbocycles.